The fourth-order valence-corrected chi connectivity index (χ4v) is 3.58. The molecule has 0 radical (unpaired) electrons. The molecule has 4 rings (SSSR count). The van der Waals surface area contributed by atoms with Crippen molar-refractivity contribution in [2.24, 2.45) is 0 Å². The summed E-state index contributed by atoms with van der Waals surface area (Å²) in [7, 11) is 1.53. The lowest BCUT2D eigenvalue weighted by Crippen LogP contribution is -2.27. The third kappa shape index (κ3) is 7.40. The topological polar surface area (TPSA) is 94.6 Å². The summed E-state index contributed by atoms with van der Waals surface area (Å²) >= 11 is 0. The second-order valence-corrected chi connectivity index (χ2v) is 9.57. The Hall–Kier alpha value is -4.80. The zero-order valence-corrected chi connectivity index (χ0v) is 22.2. The summed E-state index contributed by atoms with van der Waals surface area (Å²) < 4.78 is 56.1. The molecule has 2 N–H and O–H groups in total. The zero-order valence-electron chi connectivity index (χ0n) is 22.2. The smallest absolute Gasteiger partial charge is 0.416 e. The van der Waals surface area contributed by atoms with Crippen molar-refractivity contribution in [1.82, 2.24) is 9.97 Å². The number of carbonyl (C=O) groups excluding carboxylic acids is 1. The van der Waals surface area contributed by atoms with E-state index in [-0.39, 0.29) is 11.8 Å². The number of rotatable bonds is 7. The number of nitrogens with one attached hydrogen (secondary N) is 2. The SMILES string of the molecule is COc1ccccc1Nc1ncc(-c2ccc(C(F)(F)F)cc2)c(Oc2cccc(NC(=O)OC(C)(C)C)c2)n1. The highest BCUT2D eigenvalue weighted by molar-refractivity contribution is 5.85. The lowest BCUT2D eigenvalue weighted by molar-refractivity contribution is -0.137. The number of nitrogens with zero attached hydrogens (tertiary/aromatic N) is 2. The van der Waals surface area contributed by atoms with Crippen LogP contribution in [0.2, 0.25) is 0 Å². The van der Waals surface area contributed by atoms with Crippen LogP contribution < -0.4 is 20.1 Å². The van der Waals surface area contributed by atoms with Crippen molar-refractivity contribution in [1.29, 1.82) is 0 Å². The van der Waals surface area contributed by atoms with Crippen LogP contribution >= 0.6 is 0 Å². The Bertz CT molecular complexity index is 1490. The lowest BCUT2D eigenvalue weighted by atomic mass is 10.1. The molecule has 40 heavy (non-hydrogen) atoms. The van der Waals surface area contributed by atoms with Gasteiger partial charge in [0.2, 0.25) is 11.8 Å². The van der Waals surface area contributed by atoms with E-state index in [9.17, 15) is 18.0 Å². The van der Waals surface area contributed by atoms with Crippen molar-refractivity contribution in [2.75, 3.05) is 17.7 Å². The summed E-state index contributed by atoms with van der Waals surface area (Å²) in [5.41, 5.74) is 0.307. The largest absolute Gasteiger partial charge is 0.495 e. The maximum atomic E-state index is 13.1. The van der Waals surface area contributed by atoms with E-state index in [1.807, 2.05) is 12.1 Å². The molecule has 0 aliphatic rings. The van der Waals surface area contributed by atoms with E-state index in [2.05, 4.69) is 20.6 Å². The van der Waals surface area contributed by atoms with E-state index < -0.39 is 23.4 Å². The van der Waals surface area contributed by atoms with Crippen LogP contribution in [0.1, 0.15) is 26.3 Å². The van der Waals surface area contributed by atoms with Crippen molar-refractivity contribution in [2.45, 2.75) is 32.5 Å². The first-order valence-electron chi connectivity index (χ1n) is 12.1. The van der Waals surface area contributed by atoms with E-state index in [0.717, 1.165) is 12.1 Å². The van der Waals surface area contributed by atoms with E-state index in [1.165, 1.54) is 25.4 Å². The second-order valence-electron chi connectivity index (χ2n) is 9.57. The number of anilines is 3. The lowest BCUT2D eigenvalue weighted by Gasteiger charge is -2.19. The molecule has 11 heteroatoms. The fourth-order valence-electron chi connectivity index (χ4n) is 3.58. The first-order chi connectivity index (χ1) is 18.9. The molecule has 0 aliphatic heterocycles. The van der Waals surface area contributed by atoms with Crippen LogP contribution in [0.4, 0.5) is 35.3 Å². The highest BCUT2D eigenvalue weighted by atomic mass is 19.4. The summed E-state index contributed by atoms with van der Waals surface area (Å²) in [6, 6.07) is 18.3. The van der Waals surface area contributed by atoms with Gasteiger partial charge in [-0.05, 0) is 62.7 Å². The van der Waals surface area contributed by atoms with Gasteiger partial charge in [-0.25, -0.2) is 9.78 Å². The van der Waals surface area contributed by atoms with Crippen LogP contribution in [0.25, 0.3) is 11.1 Å². The number of hydrogen-bond donors (Lipinski definition) is 2. The quantitative estimate of drug-likeness (QED) is 0.239. The summed E-state index contributed by atoms with van der Waals surface area (Å²) in [5, 5.41) is 5.71. The highest BCUT2D eigenvalue weighted by Gasteiger charge is 2.30. The van der Waals surface area contributed by atoms with Crippen molar-refractivity contribution in [3.63, 3.8) is 0 Å². The molecular weight excluding hydrogens is 525 g/mol. The number of methoxy groups -OCH3 is 1. The minimum absolute atomic E-state index is 0.0709. The standard InChI is InChI=1S/C29H27F3N4O4/c1-28(2,3)40-27(37)34-20-8-7-9-21(16-20)39-25-22(18-12-14-19(15-13-18)29(30,31)32)17-33-26(36-25)35-23-10-5-6-11-24(23)38-4/h5-17H,1-4H3,(H,34,37)(H,33,35,36). The maximum absolute atomic E-state index is 13.1. The number of amides is 1. The minimum Gasteiger partial charge on any atom is -0.495 e. The molecule has 1 heterocycles. The van der Waals surface area contributed by atoms with Gasteiger partial charge in [0.15, 0.2) is 0 Å². The van der Waals surface area contributed by atoms with E-state index >= 15 is 0 Å². The summed E-state index contributed by atoms with van der Waals surface area (Å²) in [5.74, 6) is 1.10. The van der Waals surface area contributed by atoms with Crippen molar-refractivity contribution in [3.8, 4) is 28.5 Å². The first kappa shape index (κ1) is 28.2. The molecule has 208 valence electrons. The van der Waals surface area contributed by atoms with E-state index in [1.54, 1.807) is 57.2 Å². The van der Waals surface area contributed by atoms with Gasteiger partial charge in [-0.15, -0.1) is 0 Å². The van der Waals surface area contributed by atoms with Crippen molar-refractivity contribution >= 4 is 23.4 Å². The number of benzene rings is 3. The number of para-hydroxylation sites is 2. The minimum atomic E-state index is -4.47. The Kier molecular flexibility index (Phi) is 8.13. The van der Waals surface area contributed by atoms with Gasteiger partial charge in [0.05, 0.1) is 23.9 Å². The van der Waals surface area contributed by atoms with Crippen LogP contribution in [0.15, 0.2) is 79.0 Å². The highest BCUT2D eigenvalue weighted by Crippen LogP contribution is 2.36. The Labute approximate surface area is 229 Å². The molecule has 1 aromatic heterocycles. The third-order valence-corrected chi connectivity index (χ3v) is 5.32. The predicted octanol–water partition coefficient (Wildman–Crippen LogP) is 8.05. The van der Waals surface area contributed by atoms with Crippen molar-refractivity contribution < 1.29 is 32.2 Å². The maximum Gasteiger partial charge on any atom is 0.416 e. The van der Waals surface area contributed by atoms with Gasteiger partial charge < -0.3 is 19.5 Å². The number of ether oxygens (including phenoxy) is 3. The summed E-state index contributed by atoms with van der Waals surface area (Å²) in [4.78, 5) is 21.0. The number of halogens is 3. The molecule has 8 nitrogen and oxygen atoms in total. The molecule has 0 bridgehead atoms. The van der Waals surface area contributed by atoms with Gasteiger partial charge in [-0.3, -0.25) is 5.32 Å². The number of aromatic nitrogens is 2. The van der Waals surface area contributed by atoms with Crippen LogP contribution in [0.5, 0.6) is 17.4 Å². The normalized spacial score (nSPS) is 11.5. The molecule has 0 fully saturated rings. The monoisotopic (exact) mass is 552 g/mol. The average Bonchev–Trinajstić information content (AvgIpc) is 2.88. The molecule has 0 saturated heterocycles. The van der Waals surface area contributed by atoms with Gasteiger partial charge in [-0.2, -0.15) is 18.2 Å². The van der Waals surface area contributed by atoms with E-state index in [0.29, 0.717) is 34.0 Å². The predicted molar refractivity (Wildman–Crippen MR) is 145 cm³/mol. The van der Waals surface area contributed by atoms with Gasteiger partial charge in [-0.1, -0.05) is 30.3 Å². The van der Waals surface area contributed by atoms with Crippen LogP contribution in [0.3, 0.4) is 0 Å². The Morgan fingerprint density at radius 2 is 1.65 bits per heavy atom. The second kappa shape index (κ2) is 11.5. The molecule has 0 spiro atoms. The number of carbonyl (C=O) groups is 1. The number of alkyl halides is 3. The third-order valence-electron chi connectivity index (χ3n) is 5.32. The molecule has 3 aromatic carbocycles. The van der Waals surface area contributed by atoms with Crippen molar-refractivity contribution in [3.05, 3.63) is 84.6 Å². The van der Waals surface area contributed by atoms with Gasteiger partial charge in [0, 0.05) is 18.0 Å². The molecule has 0 saturated carbocycles. The van der Waals surface area contributed by atoms with Crippen LogP contribution in [-0.4, -0.2) is 28.8 Å². The Balaban J connectivity index is 1.68. The van der Waals surface area contributed by atoms with Crippen LogP contribution in [-0.2, 0) is 10.9 Å². The molecule has 0 atom stereocenters. The van der Waals surface area contributed by atoms with Gasteiger partial charge in [0.1, 0.15) is 17.1 Å². The van der Waals surface area contributed by atoms with Gasteiger partial charge >= 0.3 is 12.3 Å². The first-order valence-corrected chi connectivity index (χ1v) is 12.1. The Morgan fingerprint density at radius 3 is 2.33 bits per heavy atom. The van der Waals surface area contributed by atoms with E-state index in [4.69, 9.17) is 14.2 Å². The summed E-state index contributed by atoms with van der Waals surface area (Å²) in [6.45, 7) is 5.25. The van der Waals surface area contributed by atoms with Gasteiger partial charge in [0.25, 0.3) is 0 Å². The number of hydrogen-bond acceptors (Lipinski definition) is 7. The fraction of sp³-hybridized carbons (Fsp3) is 0.207. The van der Waals surface area contributed by atoms with Crippen LogP contribution in [0, 0.1) is 0 Å². The summed E-state index contributed by atoms with van der Waals surface area (Å²) in [6.07, 6.45) is -3.66. The molecule has 4 aromatic rings. The molecular formula is C29H27F3N4O4. The Morgan fingerprint density at radius 1 is 0.925 bits per heavy atom. The average molecular weight is 553 g/mol. The molecule has 0 unspecified atom stereocenters. The molecule has 0 aliphatic carbocycles. The molecule has 1 amide bonds. The zero-order chi connectivity index (χ0) is 28.9.